The van der Waals surface area contributed by atoms with Crippen LogP contribution in [0.25, 0.3) is 0 Å². The second kappa shape index (κ2) is 9.40. The van der Waals surface area contributed by atoms with E-state index in [9.17, 15) is 8.42 Å². The van der Waals surface area contributed by atoms with Crippen LogP contribution in [0.3, 0.4) is 0 Å². The van der Waals surface area contributed by atoms with Crippen molar-refractivity contribution in [1.29, 1.82) is 0 Å². The molecule has 0 radical (unpaired) electrons. The van der Waals surface area contributed by atoms with E-state index in [2.05, 4.69) is 35.2 Å². The van der Waals surface area contributed by atoms with Crippen LogP contribution < -0.4 is 4.72 Å². The van der Waals surface area contributed by atoms with Crippen molar-refractivity contribution in [2.45, 2.75) is 37.0 Å². The third kappa shape index (κ3) is 5.45. The highest BCUT2D eigenvalue weighted by molar-refractivity contribution is 7.98. The monoisotopic (exact) mass is 457 g/mol. The lowest BCUT2D eigenvalue weighted by molar-refractivity contribution is 0.139. The summed E-state index contributed by atoms with van der Waals surface area (Å²) in [6.45, 7) is 0.419. The van der Waals surface area contributed by atoms with Gasteiger partial charge >= 0.3 is 0 Å². The van der Waals surface area contributed by atoms with Crippen LogP contribution in [0.1, 0.15) is 30.4 Å². The highest BCUT2D eigenvalue weighted by Gasteiger charge is 2.38. The van der Waals surface area contributed by atoms with E-state index in [1.807, 2.05) is 11.8 Å². The number of hydrogen-bond acceptors (Lipinski definition) is 3. The van der Waals surface area contributed by atoms with Crippen molar-refractivity contribution >= 4 is 45.0 Å². The second-order valence-corrected chi connectivity index (χ2v) is 11.1. The first-order chi connectivity index (χ1) is 13.3. The lowest BCUT2D eigenvalue weighted by Crippen LogP contribution is -2.43. The number of aryl methyl sites for hydroxylation is 1. The molecule has 0 saturated heterocycles. The first-order valence-electron chi connectivity index (χ1n) is 9.35. The van der Waals surface area contributed by atoms with Crippen LogP contribution in [0.2, 0.25) is 10.0 Å². The molecule has 0 atom stereocenters. The van der Waals surface area contributed by atoms with E-state index in [-0.39, 0.29) is 15.3 Å². The van der Waals surface area contributed by atoms with Gasteiger partial charge in [0.1, 0.15) is 4.90 Å². The molecule has 1 fully saturated rings. The fourth-order valence-corrected chi connectivity index (χ4v) is 5.96. The summed E-state index contributed by atoms with van der Waals surface area (Å²) in [5.74, 6) is 1.12. The molecule has 0 unspecified atom stereocenters. The molecule has 2 aromatic carbocycles. The number of hydrogen-bond donors (Lipinski definition) is 1. The Kier molecular flexibility index (Phi) is 7.37. The topological polar surface area (TPSA) is 46.2 Å². The van der Waals surface area contributed by atoms with Crippen molar-refractivity contribution in [3.05, 3.63) is 63.6 Å². The Labute approximate surface area is 182 Å². The second-order valence-electron chi connectivity index (χ2n) is 7.49. The fraction of sp³-hybridized carbons (Fsp3) is 0.429. The van der Waals surface area contributed by atoms with Crippen molar-refractivity contribution in [2.24, 2.45) is 5.41 Å². The van der Waals surface area contributed by atoms with Gasteiger partial charge in [-0.15, -0.1) is 0 Å². The SMILES string of the molecule is CSCCc1ccc(CC2(CNS(=O)(=O)c3ccc(Cl)cc3Cl)CCC2)cc1. The number of rotatable bonds is 9. The van der Waals surface area contributed by atoms with Gasteiger partial charge in [0.2, 0.25) is 10.0 Å². The summed E-state index contributed by atoms with van der Waals surface area (Å²) in [7, 11) is -3.67. The molecule has 7 heteroatoms. The van der Waals surface area contributed by atoms with Gasteiger partial charge in [0.15, 0.2) is 0 Å². The third-order valence-electron chi connectivity index (χ3n) is 5.43. The summed E-state index contributed by atoms with van der Waals surface area (Å²) in [5, 5.41) is 0.559. The van der Waals surface area contributed by atoms with Gasteiger partial charge in [-0.05, 0) is 72.4 Å². The highest BCUT2D eigenvalue weighted by atomic mass is 35.5. The van der Waals surface area contributed by atoms with Gasteiger partial charge in [-0.25, -0.2) is 13.1 Å². The predicted molar refractivity (Wildman–Crippen MR) is 120 cm³/mol. The summed E-state index contributed by atoms with van der Waals surface area (Å²) < 4.78 is 28.2. The summed E-state index contributed by atoms with van der Waals surface area (Å²) >= 11 is 13.8. The van der Waals surface area contributed by atoms with Crippen molar-refractivity contribution in [3.63, 3.8) is 0 Å². The van der Waals surface area contributed by atoms with E-state index < -0.39 is 10.0 Å². The zero-order valence-corrected chi connectivity index (χ0v) is 19.0. The summed E-state index contributed by atoms with van der Waals surface area (Å²) in [4.78, 5) is 0.0752. The molecule has 0 aliphatic heterocycles. The van der Waals surface area contributed by atoms with E-state index in [1.165, 1.54) is 23.3 Å². The zero-order chi connectivity index (χ0) is 20.2. The van der Waals surface area contributed by atoms with Crippen molar-refractivity contribution in [2.75, 3.05) is 18.6 Å². The molecule has 1 aliphatic rings. The Balaban J connectivity index is 1.66. The minimum atomic E-state index is -3.67. The van der Waals surface area contributed by atoms with Crippen LogP contribution in [0, 0.1) is 5.41 Å². The lowest BCUT2D eigenvalue weighted by atomic mass is 9.65. The number of halogens is 2. The molecule has 28 heavy (non-hydrogen) atoms. The van der Waals surface area contributed by atoms with Crippen molar-refractivity contribution < 1.29 is 8.42 Å². The van der Waals surface area contributed by atoms with Gasteiger partial charge in [0.05, 0.1) is 5.02 Å². The molecule has 0 heterocycles. The van der Waals surface area contributed by atoms with Crippen LogP contribution in [0.5, 0.6) is 0 Å². The fourth-order valence-electron chi connectivity index (χ4n) is 3.59. The molecule has 3 rings (SSSR count). The minimum absolute atomic E-state index is 0.0211. The Morgan fingerprint density at radius 3 is 2.32 bits per heavy atom. The Morgan fingerprint density at radius 2 is 1.75 bits per heavy atom. The number of benzene rings is 2. The molecule has 1 aliphatic carbocycles. The maximum Gasteiger partial charge on any atom is 0.242 e. The number of sulfonamides is 1. The van der Waals surface area contributed by atoms with Crippen LogP contribution in [-0.4, -0.2) is 27.0 Å². The standard InChI is InChI=1S/C21H25Cl2NO2S2/c1-27-12-9-16-3-5-17(6-4-16)14-21(10-2-11-21)15-24-28(25,26)20-8-7-18(22)13-19(20)23/h3-8,13,24H,2,9-12,14-15H2,1H3. The summed E-state index contributed by atoms with van der Waals surface area (Å²) in [6, 6.07) is 13.2. The molecule has 152 valence electrons. The molecule has 0 aromatic heterocycles. The molecule has 2 aromatic rings. The number of nitrogens with one attached hydrogen (secondary N) is 1. The first kappa shape index (κ1) is 22.0. The zero-order valence-electron chi connectivity index (χ0n) is 15.9. The van der Waals surface area contributed by atoms with Gasteiger partial charge in [0.25, 0.3) is 0 Å². The predicted octanol–water partition coefficient (Wildman–Crippen LogP) is 5.59. The van der Waals surface area contributed by atoms with E-state index >= 15 is 0 Å². The van der Waals surface area contributed by atoms with E-state index in [0.29, 0.717) is 11.6 Å². The average Bonchev–Trinajstić information content (AvgIpc) is 2.63. The molecular formula is C21H25Cl2NO2S2. The smallest absolute Gasteiger partial charge is 0.211 e. The Bertz CT molecular complexity index is 911. The average molecular weight is 458 g/mol. The molecule has 0 bridgehead atoms. The van der Waals surface area contributed by atoms with E-state index in [1.54, 1.807) is 6.07 Å². The summed E-state index contributed by atoms with van der Waals surface area (Å²) in [6.07, 6.45) is 7.26. The normalized spacial score (nSPS) is 16.0. The molecule has 1 saturated carbocycles. The van der Waals surface area contributed by atoms with Gasteiger partial charge < -0.3 is 0 Å². The molecular weight excluding hydrogens is 433 g/mol. The Morgan fingerprint density at radius 1 is 1.07 bits per heavy atom. The van der Waals surface area contributed by atoms with Gasteiger partial charge in [-0.3, -0.25) is 0 Å². The Hall–Kier alpha value is -0.720. The minimum Gasteiger partial charge on any atom is -0.211 e. The highest BCUT2D eigenvalue weighted by Crippen LogP contribution is 2.43. The van der Waals surface area contributed by atoms with Crippen molar-refractivity contribution in [1.82, 2.24) is 4.72 Å². The van der Waals surface area contributed by atoms with Crippen LogP contribution in [0.4, 0.5) is 0 Å². The van der Waals surface area contributed by atoms with E-state index in [4.69, 9.17) is 23.2 Å². The van der Waals surface area contributed by atoms with Gasteiger partial charge in [-0.2, -0.15) is 11.8 Å². The maximum atomic E-state index is 12.7. The molecule has 0 spiro atoms. The van der Waals surface area contributed by atoms with Crippen LogP contribution in [0.15, 0.2) is 47.4 Å². The number of thioether (sulfide) groups is 1. The molecule has 3 nitrogen and oxygen atoms in total. The van der Waals surface area contributed by atoms with Crippen LogP contribution in [-0.2, 0) is 22.9 Å². The quantitative estimate of drug-likeness (QED) is 0.533. The summed E-state index contributed by atoms with van der Waals surface area (Å²) in [5.41, 5.74) is 2.59. The van der Waals surface area contributed by atoms with Crippen molar-refractivity contribution in [3.8, 4) is 0 Å². The van der Waals surface area contributed by atoms with E-state index in [0.717, 1.165) is 37.9 Å². The molecule has 1 N–H and O–H groups in total. The largest absolute Gasteiger partial charge is 0.242 e. The molecule has 0 amide bonds. The van der Waals surface area contributed by atoms with Crippen LogP contribution >= 0.6 is 35.0 Å². The maximum absolute atomic E-state index is 12.7. The first-order valence-corrected chi connectivity index (χ1v) is 13.0. The van der Waals surface area contributed by atoms with Gasteiger partial charge in [0, 0.05) is 11.6 Å². The third-order valence-corrected chi connectivity index (χ3v) is 8.16. The lowest BCUT2D eigenvalue weighted by Gasteiger charge is -2.42. The van der Waals surface area contributed by atoms with Gasteiger partial charge in [-0.1, -0.05) is 53.9 Å².